The fourth-order valence-corrected chi connectivity index (χ4v) is 3.17. The van der Waals surface area contributed by atoms with Crippen LogP contribution in [-0.4, -0.2) is 32.7 Å². The third kappa shape index (κ3) is 2.12. The molecule has 2 aromatic heterocycles. The summed E-state index contributed by atoms with van der Waals surface area (Å²) in [6, 6.07) is 8.34. The van der Waals surface area contributed by atoms with Gasteiger partial charge in [0.05, 0.1) is 17.5 Å². The highest BCUT2D eigenvalue weighted by Gasteiger charge is 2.34. The van der Waals surface area contributed by atoms with Gasteiger partial charge in [-0.05, 0) is 30.2 Å². The van der Waals surface area contributed by atoms with Gasteiger partial charge in [-0.1, -0.05) is 12.1 Å². The van der Waals surface area contributed by atoms with Gasteiger partial charge in [0.25, 0.3) is 0 Å². The minimum atomic E-state index is -0.461. The SMILES string of the molecule is O[C@H]1C[C@H](c2cccc(F)c2)N(c2ncnc3[nH]ccc23)C1. The van der Waals surface area contributed by atoms with Crippen molar-refractivity contribution in [3.05, 3.63) is 54.2 Å². The van der Waals surface area contributed by atoms with Gasteiger partial charge in [-0.25, -0.2) is 14.4 Å². The summed E-state index contributed by atoms with van der Waals surface area (Å²) in [5.41, 5.74) is 1.60. The zero-order valence-corrected chi connectivity index (χ0v) is 11.8. The average Bonchev–Trinajstić information content (AvgIpc) is 3.13. The highest BCUT2D eigenvalue weighted by molar-refractivity contribution is 5.87. The van der Waals surface area contributed by atoms with Crippen LogP contribution in [0.4, 0.5) is 10.2 Å². The van der Waals surface area contributed by atoms with Crippen molar-refractivity contribution in [1.82, 2.24) is 15.0 Å². The minimum Gasteiger partial charge on any atom is -0.391 e. The molecular formula is C16H15FN4O. The summed E-state index contributed by atoms with van der Waals surface area (Å²) in [4.78, 5) is 13.7. The molecule has 0 bridgehead atoms. The summed E-state index contributed by atoms with van der Waals surface area (Å²) in [6.07, 6.45) is 3.41. The van der Waals surface area contributed by atoms with E-state index in [1.807, 2.05) is 23.2 Å². The molecule has 2 atom stereocenters. The van der Waals surface area contributed by atoms with Gasteiger partial charge in [-0.2, -0.15) is 0 Å². The molecule has 2 N–H and O–H groups in total. The number of aromatic amines is 1. The van der Waals surface area contributed by atoms with Crippen molar-refractivity contribution < 1.29 is 9.50 Å². The zero-order chi connectivity index (χ0) is 15.1. The van der Waals surface area contributed by atoms with Crippen LogP contribution >= 0.6 is 0 Å². The van der Waals surface area contributed by atoms with E-state index in [2.05, 4.69) is 15.0 Å². The fraction of sp³-hybridized carbons (Fsp3) is 0.250. The Bertz CT molecular complexity index is 819. The monoisotopic (exact) mass is 298 g/mol. The number of fused-ring (bicyclic) bond motifs is 1. The van der Waals surface area contributed by atoms with Gasteiger partial charge in [-0.15, -0.1) is 0 Å². The quantitative estimate of drug-likeness (QED) is 0.762. The van der Waals surface area contributed by atoms with Crippen LogP contribution in [0.3, 0.4) is 0 Å². The van der Waals surface area contributed by atoms with Gasteiger partial charge in [0.2, 0.25) is 0 Å². The largest absolute Gasteiger partial charge is 0.391 e. The Morgan fingerprint density at radius 1 is 1.27 bits per heavy atom. The third-order valence-electron chi connectivity index (χ3n) is 4.12. The average molecular weight is 298 g/mol. The summed E-state index contributed by atoms with van der Waals surface area (Å²) >= 11 is 0. The predicted octanol–water partition coefficient (Wildman–Crippen LogP) is 2.41. The lowest BCUT2D eigenvalue weighted by Gasteiger charge is -2.26. The van der Waals surface area contributed by atoms with Crippen LogP contribution in [0.5, 0.6) is 0 Å². The van der Waals surface area contributed by atoms with Crippen molar-refractivity contribution >= 4 is 16.9 Å². The molecule has 0 amide bonds. The minimum absolute atomic E-state index is 0.0984. The Kier molecular flexibility index (Phi) is 3.04. The number of hydrogen-bond acceptors (Lipinski definition) is 4. The van der Waals surface area contributed by atoms with E-state index in [0.717, 1.165) is 22.4 Å². The molecule has 0 saturated carbocycles. The number of rotatable bonds is 2. The van der Waals surface area contributed by atoms with Gasteiger partial charge >= 0.3 is 0 Å². The highest BCUT2D eigenvalue weighted by atomic mass is 19.1. The molecule has 1 aliphatic rings. The fourth-order valence-electron chi connectivity index (χ4n) is 3.17. The van der Waals surface area contributed by atoms with Crippen LogP contribution in [0.1, 0.15) is 18.0 Å². The maximum absolute atomic E-state index is 13.5. The van der Waals surface area contributed by atoms with E-state index in [-0.39, 0.29) is 11.9 Å². The molecule has 5 nitrogen and oxygen atoms in total. The Balaban J connectivity index is 1.80. The third-order valence-corrected chi connectivity index (χ3v) is 4.12. The molecular weight excluding hydrogens is 283 g/mol. The van der Waals surface area contributed by atoms with Crippen LogP contribution in [0.25, 0.3) is 11.0 Å². The van der Waals surface area contributed by atoms with Gasteiger partial charge in [-0.3, -0.25) is 0 Å². The number of nitrogens with one attached hydrogen (secondary N) is 1. The highest BCUT2D eigenvalue weighted by Crippen LogP contribution is 2.37. The molecule has 0 radical (unpaired) electrons. The first kappa shape index (κ1) is 13.2. The van der Waals surface area contributed by atoms with Crippen molar-refractivity contribution in [2.24, 2.45) is 0 Å². The molecule has 1 aliphatic heterocycles. The Labute approximate surface area is 126 Å². The molecule has 3 heterocycles. The number of nitrogens with zero attached hydrogens (tertiary/aromatic N) is 3. The topological polar surface area (TPSA) is 65.0 Å². The summed E-state index contributed by atoms with van der Waals surface area (Å²) in [5, 5.41) is 11.0. The van der Waals surface area contributed by atoms with E-state index < -0.39 is 6.10 Å². The van der Waals surface area contributed by atoms with E-state index in [0.29, 0.717) is 13.0 Å². The van der Waals surface area contributed by atoms with Crippen LogP contribution in [0, 0.1) is 5.82 Å². The van der Waals surface area contributed by atoms with Crippen molar-refractivity contribution in [3.8, 4) is 0 Å². The van der Waals surface area contributed by atoms with E-state index in [4.69, 9.17) is 0 Å². The summed E-state index contributed by atoms with van der Waals surface area (Å²) in [5.74, 6) is 0.491. The zero-order valence-electron chi connectivity index (χ0n) is 11.8. The number of hydrogen-bond donors (Lipinski definition) is 2. The molecule has 0 aliphatic carbocycles. The number of aliphatic hydroxyl groups excluding tert-OH is 1. The molecule has 112 valence electrons. The Morgan fingerprint density at radius 2 is 2.18 bits per heavy atom. The standard InChI is InChI=1S/C16H15FN4O/c17-11-3-1-2-10(6-11)14-7-12(22)8-21(14)16-13-4-5-18-15(13)19-9-20-16/h1-6,9,12,14,22H,7-8H2,(H,18,19,20)/t12-,14+/m0/s1. The van der Waals surface area contributed by atoms with Crippen LogP contribution in [0.2, 0.25) is 0 Å². The number of benzene rings is 1. The normalized spacial score (nSPS) is 21.6. The number of aromatic nitrogens is 3. The van der Waals surface area contributed by atoms with Crippen molar-refractivity contribution in [2.45, 2.75) is 18.6 Å². The lowest BCUT2D eigenvalue weighted by Crippen LogP contribution is -2.25. The second-order valence-corrected chi connectivity index (χ2v) is 5.55. The second-order valence-electron chi connectivity index (χ2n) is 5.55. The molecule has 1 fully saturated rings. The Morgan fingerprint density at radius 3 is 3.05 bits per heavy atom. The summed E-state index contributed by atoms with van der Waals surface area (Å²) in [7, 11) is 0. The smallest absolute Gasteiger partial charge is 0.142 e. The van der Waals surface area contributed by atoms with Crippen molar-refractivity contribution in [2.75, 3.05) is 11.4 Å². The molecule has 0 spiro atoms. The number of halogens is 1. The molecule has 22 heavy (non-hydrogen) atoms. The number of anilines is 1. The van der Waals surface area contributed by atoms with Crippen LogP contribution in [0.15, 0.2) is 42.9 Å². The first-order valence-electron chi connectivity index (χ1n) is 7.20. The van der Waals surface area contributed by atoms with Crippen LogP contribution in [-0.2, 0) is 0 Å². The summed E-state index contributed by atoms with van der Waals surface area (Å²) < 4.78 is 13.5. The first-order valence-corrected chi connectivity index (χ1v) is 7.20. The van der Waals surface area contributed by atoms with Crippen molar-refractivity contribution in [3.63, 3.8) is 0 Å². The number of H-pyrrole nitrogens is 1. The summed E-state index contributed by atoms with van der Waals surface area (Å²) in [6.45, 7) is 0.471. The first-order chi connectivity index (χ1) is 10.7. The molecule has 4 rings (SSSR count). The van der Waals surface area contributed by atoms with Gasteiger partial charge < -0.3 is 15.0 Å². The van der Waals surface area contributed by atoms with Gasteiger partial charge in [0.1, 0.15) is 23.6 Å². The molecule has 1 aromatic carbocycles. The maximum Gasteiger partial charge on any atom is 0.142 e. The van der Waals surface area contributed by atoms with Gasteiger partial charge in [0.15, 0.2) is 0 Å². The van der Waals surface area contributed by atoms with Crippen LogP contribution < -0.4 is 4.90 Å². The lowest BCUT2D eigenvalue weighted by molar-refractivity contribution is 0.194. The van der Waals surface area contributed by atoms with E-state index in [1.165, 1.54) is 18.5 Å². The molecule has 6 heteroatoms. The van der Waals surface area contributed by atoms with E-state index in [9.17, 15) is 9.50 Å². The number of β-amino-alcohol motifs (C(OH)–C–C–N with tert-alkyl or cyclic N) is 1. The molecule has 3 aromatic rings. The van der Waals surface area contributed by atoms with E-state index >= 15 is 0 Å². The lowest BCUT2D eigenvalue weighted by atomic mass is 10.0. The molecule has 1 saturated heterocycles. The maximum atomic E-state index is 13.5. The van der Waals surface area contributed by atoms with Crippen molar-refractivity contribution in [1.29, 1.82) is 0 Å². The Hall–Kier alpha value is -2.47. The molecule has 0 unspecified atom stereocenters. The number of aliphatic hydroxyl groups is 1. The van der Waals surface area contributed by atoms with Gasteiger partial charge in [0, 0.05) is 12.7 Å². The second kappa shape index (κ2) is 5.06. The van der Waals surface area contributed by atoms with E-state index in [1.54, 1.807) is 6.07 Å². The predicted molar refractivity (Wildman–Crippen MR) is 81.0 cm³/mol.